The Balaban J connectivity index is 2.74. The summed E-state index contributed by atoms with van der Waals surface area (Å²) in [5.41, 5.74) is 1.19. The van der Waals surface area contributed by atoms with Gasteiger partial charge in [0.1, 0.15) is 0 Å². The molecule has 1 N–H and O–H groups in total. The lowest BCUT2D eigenvalue weighted by Gasteiger charge is -2.16. The number of aryl methyl sites for hydroxylation is 1. The van der Waals surface area contributed by atoms with E-state index in [0.29, 0.717) is 10.0 Å². The van der Waals surface area contributed by atoms with Gasteiger partial charge in [-0.15, -0.1) is 0 Å². The Kier molecular flexibility index (Phi) is 4.78. The third-order valence-corrected chi connectivity index (χ3v) is 3.40. The molecule has 1 amide bonds. The summed E-state index contributed by atoms with van der Waals surface area (Å²) in [6.45, 7) is 3.13. The molecule has 1 unspecified atom stereocenters. The molecule has 100 valence electrons. The van der Waals surface area contributed by atoms with Crippen LogP contribution in [0.5, 0.6) is 0 Å². The quantitative estimate of drug-likeness (QED) is 0.900. The van der Waals surface area contributed by atoms with E-state index in [1.54, 1.807) is 25.1 Å². The Hall–Kier alpha value is -1.04. The smallest absolute Gasteiger partial charge is 0.349 e. The van der Waals surface area contributed by atoms with E-state index in [1.807, 2.05) is 0 Å². The first kappa shape index (κ1) is 15.0. The number of hydrogen-bond donors (Lipinski definition) is 1. The van der Waals surface area contributed by atoms with Gasteiger partial charge in [0, 0.05) is 10.5 Å². The van der Waals surface area contributed by atoms with Crippen molar-refractivity contribution in [2.75, 3.05) is 0 Å². The highest BCUT2D eigenvalue weighted by atomic mass is 79.9. The number of carbonyl (C=O) groups excluding carboxylic acids is 1. The van der Waals surface area contributed by atoms with E-state index in [0.717, 1.165) is 5.56 Å². The van der Waals surface area contributed by atoms with Crippen molar-refractivity contribution in [1.82, 2.24) is 5.32 Å². The van der Waals surface area contributed by atoms with Crippen LogP contribution in [0.4, 0.5) is 13.2 Å². The highest BCUT2D eigenvalue weighted by molar-refractivity contribution is 9.10. The molecule has 6 heteroatoms. The van der Waals surface area contributed by atoms with Gasteiger partial charge < -0.3 is 5.32 Å². The zero-order valence-electron chi connectivity index (χ0n) is 9.94. The van der Waals surface area contributed by atoms with E-state index in [9.17, 15) is 18.0 Å². The second-order valence-electron chi connectivity index (χ2n) is 4.13. The minimum atomic E-state index is -4.28. The van der Waals surface area contributed by atoms with Gasteiger partial charge in [-0.3, -0.25) is 4.79 Å². The fourth-order valence-corrected chi connectivity index (χ4v) is 1.97. The van der Waals surface area contributed by atoms with Crippen molar-refractivity contribution in [3.63, 3.8) is 0 Å². The Morgan fingerprint density at radius 2 is 2.06 bits per heavy atom. The summed E-state index contributed by atoms with van der Waals surface area (Å²) < 4.78 is 37.0. The molecule has 0 radical (unpaired) electrons. The molecular weight excluding hydrogens is 311 g/mol. The third kappa shape index (κ3) is 4.33. The standard InChI is InChI=1S/C12H13BrF3NO/c1-7-4-3-5-9(10(7)13)11(18)17-8(2)6-12(14,15)16/h3-5,8H,6H2,1-2H3,(H,17,18). The number of hydrogen-bond acceptors (Lipinski definition) is 1. The Labute approximate surface area is 112 Å². The summed E-state index contributed by atoms with van der Waals surface area (Å²) in [6.07, 6.45) is -5.32. The molecule has 0 spiro atoms. The number of alkyl halides is 3. The lowest BCUT2D eigenvalue weighted by molar-refractivity contribution is -0.138. The van der Waals surface area contributed by atoms with Gasteiger partial charge in [0.25, 0.3) is 5.91 Å². The summed E-state index contributed by atoms with van der Waals surface area (Å²) in [5.74, 6) is -0.512. The molecule has 1 rings (SSSR count). The van der Waals surface area contributed by atoms with E-state index in [1.165, 1.54) is 6.92 Å². The molecule has 0 saturated carbocycles. The molecule has 0 aromatic heterocycles. The van der Waals surface area contributed by atoms with Gasteiger partial charge in [0.2, 0.25) is 0 Å². The van der Waals surface area contributed by atoms with Crippen molar-refractivity contribution in [1.29, 1.82) is 0 Å². The van der Waals surface area contributed by atoms with Crippen molar-refractivity contribution in [2.45, 2.75) is 32.5 Å². The van der Waals surface area contributed by atoms with Gasteiger partial charge in [-0.2, -0.15) is 13.2 Å². The monoisotopic (exact) mass is 323 g/mol. The maximum absolute atomic E-state index is 12.1. The summed E-state index contributed by atoms with van der Waals surface area (Å²) in [6, 6.07) is 4.10. The van der Waals surface area contributed by atoms with Crippen LogP contribution in [0.1, 0.15) is 29.3 Å². The van der Waals surface area contributed by atoms with Crippen LogP contribution in [0.3, 0.4) is 0 Å². The molecule has 0 fully saturated rings. The van der Waals surface area contributed by atoms with E-state index in [2.05, 4.69) is 21.2 Å². The molecule has 0 aliphatic carbocycles. The topological polar surface area (TPSA) is 29.1 Å². The number of nitrogens with one attached hydrogen (secondary N) is 1. The van der Waals surface area contributed by atoms with E-state index < -0.39 is 24.5 Å². The molecule has 2 nitrogen and oxygen atoms in total. The van der Waals surface area contributed by atoms with Gasteiger partial charge in [-0.1, -0.05) is 12.1 Å². The molecular formula is C12H13BrF3NO. The van der Waals surface area contributed by atoms with E-state index in [4.69, 9.17) is 0 Å². The Morgan fingerprint density at radius 1 is 1.44 bits per heavy atom. The maximum Gasteiger partial charge on any atom is 0.391 e. The van der Waals surface area contributed by atoms with E-state index >= 15 is 0 Å². The number of amides is 1. The zero-order chi connectivity index (χ0) is 13.9. The molecule has 0 heterocycles. The highest BCUT2D eigenvalue weighted by Gasteiger charge is 2.30. The first-order valence-corrected chi connectivity index (χ1v) is 6.12. The van der Waals surface area contributed by atoms with Gasteiger partial charge in [0.15, 0.2) is 0 Å². The summed E-state index contributed by atoms with van der Waals surface area (Å²) in [7, 11) is 0. The lowest BCUT2D eigenvalue weighted by Crippen LogP contribution is -2.36. The predicted molar refractivity (Wildman–Crippen MR) is 66.5 cm³/mol. The molecule has 0 bridgehead atoms. The number of carbonyl (C=O) groups is 1. The van der Waals surface area contributed by atoms with E-state index in [-0.39, 0.29) is 0 Å². The van der Waals surface area contributed by atoms with Crippen LogP contribution in [0.2, 0.25) is 0 Å². The SMILES string of the molecule is Cc1cccc(C(=O)NC(C)CC(F)(F)F)c1Br. The molecule has 0 aliphatic heterocycles. The average Bonchev–Trinajstić information content (AvgIpc) is 2.18. The van der Waals surface area contributed by atoms with Crippen LogP contribution in [0.15, 0.2) is 22.7 Å². The van der Waals surface area contributed by atoms with Gasteiger partial charge in [-0.25, -0.2) is 0 Å². The molecule has 18 heavy (non-hydrogen) atoms. The molecule has 0 aliphatic rings. The second kappa shape index (κ2) is 5.73. The van der Waals surface area contributed by atoms with Gasteiger partial charge in [0.05, 0.1) is 12.0 Å². The fourth-order valence-electron chi connectivity index (χ4n) is 1.52. The van der Waals surface area contributed by atoms with Gasteiger partial charge in [-0.05, 0) is 41.4 Å². The molecule has 1 aromatic carbocycles. The third-order valence-electron chi connectivity index (χ3n) is 2.35. The molecule has 1 atom stereocenters. The highest BCUT2D eigenvalue weighted by Crippen LogP contribution is 2.23. The summed E-state index contributed by atoms with van der Waals surface area (Å²) >= 11 is 3.25. The van der Waals surface area contributed by atoms with Crippen LogP contribution in [0, 0.1) is 6.92 Å². The normalized spacial score (nSPS) is 13.2. The molecule has 0 saturated heterocycles. The van der Waals surface area contributed by atoms with Crippen LogP contribution in [0.25, 0.3) is 0 Å². The maximum atomic E-state index is 12.1. The summed E-state index contributed by atoms with van der Waals surface area (Å²) in [4.78, 5) is 11.8. The minimum absolute atomic E-state index is 0.337. The van der Waals surface area contributed by atoms with Crippen molar-refractivity contribution in [2.24, 2.45) is 0 Å². The lowest BCUT2D eigenvalue weighted by atomic mass is 10.1. The average molecular weight is 324 g/mol. The second-order valence-corrected chi connectivity index (χ2v) is 4.92. The predicted octanol–water partition coefficient (Wildman–Crippen LogP) is 3.83. The Morgan fingerprint density at radius 3 is 2.61 bits per heavy atom. The number of rotatable bonds is 3. The fraction of sp³-hybridized carbons (Fsp3) is 0.417. The molecule has 1 aromatic rings. The first-order valence-electron chi connectivity index (χ1n) is 5.33. The van der Waals surface area contributed by atoms with Crippen molar-refractivity contribution in [3.8, 4) is 0 Å². The largest absolute Gasteiger partial charge is 0.391 e. The Bertz CT molecular complexity index is 445. The zero-order valence-corrected chi connectivity index (χ0v) is 11.5. The van der Waals surface area contributed by atoms with Gasteiger partial charge >= 0.3 is 6.18 Å². The van der Waals surface area contributed by atoms with Crippen molar-refractivity contribution >= 4 is 21.8 Å². The number of halogens is 4. The minimum Gasteiger partial charge on any atom is -0.349 e. The first-order chi connectivity index (χ1) is 8.20. The summed E-state index contributed by atoms with van der Waals surface area (Å²) in [5, 5.41) is 2.33. The van der Waals surface area contributed by atoms with Crippen LogP contribution < -0.4 is 5.32 Å². The van der Waals surface area contributed by atoms with Crippen molar-refractivity contribution < 1.29 is 18.0 Å². The van der Waals surface area contributed by atoms with Crippen LogP contribution in [-0.2, 0) is 0 Å². The van der Waals surface area contributed by atoms with Crippen LogP contribution in [-0.4, -0.2) is 18.1 Å². The number of benzene rings is 1. The van der Waals surface area contributed by atoms with Crippen molar-refractivity contribution in [3.05, 3.63) is 33.8 Å². The van der Waals surface area contributed by atoms with Crippen LogP contribution >= 0.6 is 15.9 Å².